The van der Waals surface area contributed by atoms with Crippen LogP contribution in [0.3, 0.4) is 0 Å². The number of thioether (sulfide) groups is 1. The van der Waals surface area contributed by atoms with Crippen molar-refractivity contribution in [1.82, 2.24) is 0 Å². The highest BCUT2D eigenvalue weighted by Crippen LogP contribution is 2.23. The molecule has 2 aromatic carbocycles. The van der Waals surface area contributed by atoms with Crippen LogP contribution in [0.25, 0.3) is 0 Å². The molecule has 2 rings (SSSR count). The third kappa shape index (κ3) is 4.56. The molecular weight excluding hydrogens is 294 g/mol. The predicted octanol–water partition coefficient (Wildman–Crippen LogP) is 3.89. The van der Waals surface area contributed by atoms with Crippen LogP contribution in [0.4, 0.5) is 8.78 Å². The van der Waals surface area contributed by atoms with Gasteiger partial charge in [0, 0.05) is 11.8 Å². The predicted molar refractivity (Wildman–Crippen MR) is 79.2 cm³/mol. The van der Waals surface area contributed by atoms with Gasteiger partial charge in [-0.1, -0.05) is 36.4 Å². The molecule has 110 valence electrons. The van der Waals surface area contributed by atoms with E-state index >= 15 is 0 Å². The lowest BCUT2D eigenvalue weighted by atomic mass is 10.1. The van der Waals surface area contributed by atoms with E-state index in [0.717, 1.165) is 23.4 Å². The van der Waals surface area contributed by atoms with E-state index in [9.17, 15) is 18.7 Å². The molecule has 1 unspecified atom stereocenters. The SMILES string of the molecule is O=C(O)C(Cc1ccccc1)SCc1ccc(F)cc1F. The second-order valence-electron chi connectivity index (χ2n) is 4.56. The van der Waals surface area contributed by atoms with Gasteiger partial charge in [0.25, 0.3) is 0 Å². The summed E-state index contributed by atoms with van der Waals surface area (Å²) in [6.07, 6.45) is 0.365. The second-order valence-corrected chi connectivity index (χ2v) is 5.75. The molecule has 0 aliphatic carbocycles. The summed E-state index contributed by atoms with van der Waals surface area (Å²) in [5.74, 6) is -2.03. The third-order valence-electron chi connectivity index (χ3n) is 2.99. The zero-order valence-corrected chi connectivity index (χ0v) is 11.9. The molecular formula is C16H14F2O2S. The number of carboxylic acids is 1. The molecule has 1 N–H and O–H groups in total. The van der Waals surface area contributed by atoms with Gasteiger partial charge in [-0.2, -0.15) is 0 Å². The Morgan fingerprint density at radius 1 is 1.14 bits per heavy atom. The van der Waals surface area contributed by atoms with Crippen molar-refractivity contribution in [3.8, 4) is 0 Å². The van der Waals surface area contributed by atoms with E-state index in [1.54, 1.807) is 0 Å². The Bertz CT molecular complexity index is 617. The van der Waals surface area contributed by atoms with Crippen molar-refractivity contribution < 1.29 is 18.7 Å². The van der Waals surface area contributed by atoms with Crippen molar-refractivity contribution in [3.05, 3.63) is 71.3 Å². The molecule has 0 aliphatic rings. The van der Waals surface area contributed by atoms with E-state index in [0.29, 0.717) is 12.0 Å². The number of hydrogen-bond donors (Lipinski definition) is 1. The van der Waals surface area contributed by atoms with E-state index in [1.165, 1.54) is 12.1 Å². The smallest absolute Gasteiger partial charge is 0.316 e. The second kappa shape index (κ2) is 7.22. The average molecular weight is 308 g/mol. The minimum atomic E-state index is -0.939. The monoisotopic (exact) mass is 308 g/mol. The Hall–Kier alpha value is -1.88. The topological polar surface area (TPSA) is 37.3 Å². The molecule has 0 saturated heterocycles. The number of rotatable bonds is 6. The highest BCUT2D eigenvalue weighted by Gasteiger charge is 2.19. The normalized spacial score (nSPS) is 12.1. The van der Waals surface area contributed by atoms with Gasteiger partial charge in [-0.15, -0.1) is 11.8 Å². The van der Waals surface area contributed by atoms with Crippen LogP contribution < -0.4 is 0 Å². The Morgan fingerprint density at radius 3 is 2.48 bits per heavy atom. The molecule has 0 saturated carbocycles. The number of carbonyl (C=O) groups is 1. The summed E-state index contributed by atoms with van der Waals surface area (Å²) >= 11 is 1.14. The first-order valence-corrected chi connectivity index (χ1v) is 7.43. The molecule has 21 heavy (non-hydrogen) atoms. The maximum Gasteiger partial charge on any atom is 0.316 e. The standard InChI is InChI=1S/C16H14F2O2S/c17-13-7-6-12(14(18)9-13)10-21-15(16(19)20)8-11-4-2-1-3-5-11/h1-7,9,15H,8,10H2,(H,19,20). The first-order valence-electron chi connectivity index (χ1n) is 6.38. The first-order chi connectivity index (χ1) is 10.1. The van der Waals surface area contributed by atoms with Crippen LogP contribution in [-0.4, -0.2) is 16.3 Å². The van der Waals surface area contributed by atoms with Crippen LogP contribution in [0.5, 0.6) is 0 Å². The largest absolute Gasteiger partial charge is 0.480 e. The van der Waals surface area contributed by atoms with E-state index in [1.807, 2.05) is 30.3 Å². The van der Waals surface area contributed by atoms with Crippen molar-refractivity contribution in [1.29, 1.82) is 0 Å². The van der Waals surface area contributed by atoms with Gasteiger partial charge in [0.2, 0.25) is 0 Å². The van der Waals surface area contributed by atoms with Gasteiger partial charge in [0.05, 0.1) is 0 Å². The molecule has 0 radical (unpaired) electrons. The van der Waals surface area contributed by atoms with E-state index < -0.39 is 22.9 Å². The summed E-state index contributed by atoms with van der Waals surface area (Å²) in [4.78, 5) is 11.3. The summed E-state index contributed by atoms with van der Waals surface area (Å²) in [7, 11) is 0. The zero-order valence-electron chi connectivity index (χ0n) is 11.1. The Labute approximate surface area is 125 Å². The summed E-state index contributed by atoms with van der Waals surface area (Å²) < 4.78 is 26.3. The Balaban J connectivity index is 2.02. The van der Waals surface area contributed by atoms with Gasteiger partial charge >= 0.3 is 5.97 Å². The maximum absolute atomic E-state index is 13.5. The van der Waals surface area contributed by atoms with E-state index in [4.69, 9.17) is 0 Å². The summed E-state index contributed by atoms with van der Waals surface area (Å²) in [6, 6.07) is 12.6. The van der Waals surface area contributed by atoms with Crippen LogP contribution in [0.15, 0.2) is 48.5 Å². The van der Waals surface area contributed by atoms with Crippen LogP contribution in [0.2, 0.25) is 0 Å². The fourth-order valence-corrected chi connectivity index (χ4v) is 2.94. The lowest BCUT2D eigenvalue weighted by molar-refractivity contribution is -0.136. The summed E-state index contributed by atoms with van der Waals surface area (Å²) in [6.45, 7) is 0. The highest BCUT2D eigenvalue weighted by molar-refractivity contribution is 7.99. The molecule has 0 aliphatic heterocycles. The van der Waals surface area contributed by atoms with Crippen molar-refractivity contribution in [2.75, 3.05) is 0 Å². The molecule has 5 heteroatoms. The molecule has 2 nitrogen and oxygen atoms in total. The van der Waals surface area contributed by atoms with Crippen LogP contribution >= 0.6 is 11.8 Å². The fraction of sp³-hybridized carbons (Fsp3) is 0.188. The molecule has 0 fully saturated rings. The van der Waals surface area contributed by atoms with E-state index in [2.05, 4.69) is 0 Å². The van der Waals surface area contributed by atoms with Crippen molar-refractivity contribution in [2.24, 2.45) is 0 Å². The van der Waals surface area contributed by atoms with Gasteiger partial charge in [0.1, 0.15) is 16.9 Å². The molecule has 0 bridgehead atoms. The molecule has 2 aromatic rings. The quantitative estimate of drug-likeness (QED) is 0.879. The Kier molecular flexibility index (Phi) is 5.33. The minimum absolute atomic E-state index is 0.190. The van der Waals surface area contributed by atoms with Gasteiger partial charge in [-0.05, 0) is 23.6 Å². The third-order valence-corrected chi connectivity index (χ3v) is 4.24. The maximum atomic E-state index is 13.5. The van der Waals surface area contributed by atoms with Crippen LogP contribution in [-0.2, 0) is 17.0 Å². The van der Waals surface area contributed by atoms with Crippen LogP contribution in [0.1, 0.15) is 11.1 Å². The summed E-state index contributed by atoms with van der Waals surface area (Å²) in [5.41, 5.74) is 1.22. The Morgan fingerprint density at radius 2 is 1.86 bits per heavy atom. The van der Waals surface area contributed by atoms with Gasteiger partial charge in [0.15, 0.2) is 0 Å². The van der Waals surface area contributed by atoms with Gasteiger partial charge in [-0.3, -0.25) is 4.79 Å². The number of halogens is 2. The molecule has 0 aromatic heterocycles. The van der Waals surface area contributed by atoms with Crippen molar-refractivity contribution >= 4 is 17.7 Å². The molecule has 1 atom stereocenters. The number of benzene rings is 2. The lowest BCUT2D eigenvalue weighted by Crippen LogP contribution is -2.19. The number of hydrogen-bond acceptors (Lipinski definition) is 2. The number of carboxylic acid groups (broad SMARTS) is 1. The molecule has 0 spiro atoms. The van der Waals surface area contributed by atoms with Crippen molar-refractivity contribution in [3.63, 3.8) is 0 Å². The van der Waals surface area contributed by atoms with Gasteiger partial charge < -0.3 is 5.11 Å². The minimum Gasteiger partial charge on any atom is -0.480 e. The zero-order chi connectivity index (χ0) is 15.2. The highest BCUT2D eigenvalue weighted by atomic mass is 32.2. The molecule has 0 amide bonds. The van der Waals surface area contributed by atoms with E-state index in [-0.39, 0.29) is 5.75 Å². The fourth-order valence-electron chi connectivity index (χ4n) is 1.87. The van der Waals surface area contributed by atoms with Gasteiger partial charge in [-0.25, -0.2) is 8.78 Å². The molecule has 0 heterocycles. The van der Waals surface area contributed by atoms with Crippen molar-refractivity contribution in [2.45, 2.75) is 17.4 Å². The lowest BCUT2D eigenvalue weighted by Gasteiger charge is -2.12. The van der Waals surface area contributed by atoms with Crippen LogP contribution in [0, 0.1) is 11.6 Å². The number of aliphatic carboxylic acids is 1. The summed E-state index contributed by atoms with van der Waals surface area (Å²) in [5, 5.41) is 8.58. The first kappa shape index (κ1) is 15.5. The average Bonchev–Trinajstić information content (AvgIpc) is 2.46.